The zero-order chi connectivity index (χ0) is 13.8. The molecule has 3 rings (SSSR count). The number of aromatic nitrogens is 1. The van der Waals surface area contributed by atoms with Crippen LogP contribution in [0.25, 0.3) is 10.8 Å². The van der Waals surface area contributed by atoms with Gasteiger partial charge in [-0.2, -0.15) is 0 Å². The van der Waals surface area contributed by atoms with Crippen molar-refractivity contribution >= 4 is 10.8 Å². The van der Waals surface area contributed by atoms with E-state index in [1.54, 1.807) is 0 Å². The van der Waals surface area contributed by atoms with Crippen molar-refractivity contribution in [1.29, 1.82) is 0 Å². The molecule has 1 aromatic carbocycles. The van der Waals surface area contributed by atoms with Gasteiger partial charge in [-0.3, -0.25) is 0 Å². The van der Waals surface area contributed by atoms with E-state index in [4.69, 9.17) is 0 Å². The summed E-state index contributed by atoms with van der Waals surface area (Å²) < 4.78 is 0. The molecular weight excluding hydrogens is 242 g/mol. The van der Waals surface area contributed by atoms with E-state index in [9.17, 15) is 0 Å². The maximum atomic E-state index is 3.61. The van der Waals surface area contributed by atoms with Crippen LogP contribution in [0.4, 0.5) is 0 Å². The van der Waals surface area contributed by atoms with Gasteiger partial charge in [0.1, 0.15) is 0 Å². The summed E-state index contributed by atoms with van der Waals surface area (Å²) >= 11 is 0. The van der Waals surface area contributed by atoms with Crippen molar-refractivity contribution in [3.63, 3.8) is 0 Å². The number of fused-ring (bicyclic) bond motifs is 1. The summed E-state index contributed by atoms with van der Waals surface area (Å²) in [5, 5.41) is 2.80. The highest BCUT2D eigenvalue weighted by atomic mass is 14.7. The second kappa shape index (κ2) is 6.03. The van der Waals surface area contributed by atoms with Crippen LogP contribution in [-0.2, 0) is 5.41 Å². The highest BCUT2D eigenvalue weighted by molar-refractivity contribution is 5.86. The molecule has 108 valence electrons. The Morgan fingerprint density at radius 2 is 1.45 bits per heavy atom. The van der Waals surface area contributed by atoms with E-state index in [1.807, 2.05) is 0 Å². The molecule has 0 radical (unpaired) electrons. The molecule has 1 N–H and O–H groups in total. The molecule has 1 nitrogen and oxygen atoms in total. The molecule has 1 heterocycles. The lowest BCUT2D eigenvalue weighted by molar-refractivity contribution is 0.347. The summed E-state index contributed by atoms with van der Waals surface area (Å²) in [5.41, 5.74) is 1.81. The smallest absolute Gasteiger partial charge is 0.0287 e. The third-order valence-electron chi connectivity index (χ3n) is 5.16. The number of hydrogen-bond donors (Lipinski definition) is 1. The summed E-state index contributed by atoms with van der Waals surface area (Å²) in [6.45, 7) is 2.48. The minimum Gasteiger partial charge on any atom is -0.363 e. The summed E-state index contributed by atoms with van der Waals surface area (Å²) in [7, 11) is 0. The average molecular weight is 269 g/mol. The summed E-state index contributed by atoms with van der Waals surface area (Å²) in [6, 6.07) is 8.81. The van der Waals surface area contributed by atoms with Crippen molar-refractivity contribution in [2.24, 2.45) is 0 Å². The van der Waals surface area contributed by atoms with Crippen molar-refractivity contribution in [2.45, 2.75) is 70.1 Å². The quantitative estimate of drug-likeness (QED) is 0.658. The second-order valence-electron chi connectivity index (χ2n) is 6.79. The molecule has 20 heavy (non-hydrogen) atoms. The Morgan fingerprint density at radius 3 is 2.15 bits per heavy atom. The summed E-state index contributed by atoms with van der Waals surface area (Å²) in [6.07, 6.45) is 14.7. The van der Waals surface area contributed by atoms with Crippen LogP contribution < -0.4 is 0 Å². The predicted octanol–water partition coefficient (Wildman–Crippen LogP) is 5.95. The molecule has 0 bridgehead atoms. The Morgan fingerprint density at radius 1 is 0.850 bits per heavy atom. The third-order valence-corrected chi connectivity index (χ3v) is 5.16. The second-order valence-corrected chi connectivity index (χ2v) is 6.79. The largest absolute Gasteiger partial charge is 0.363 e. The lowest BCUT2D eigenvalue weighted by atomic mass is 9.75. The van der Waals surface area contributed by atoms with Crippen LogP contribution >= 0.6 is 0 Å². The Labute approximate surface area is 122 Å². The number of rotatable bonds is 1. The number of benzene rings is 1. The van der Waals surface area contributed by atoms with Crippen LogP contribution in [0.3, 0.4) is 0 Å². The number of hydrogen-bond acceptors (Lipinski definition) is 0. The van der Waals surface area contributed by atoms with E-state index >= 15 is 0 Å². The van der Waals surface area contributed by atoms with Crippen molar-refractivity contribution in [1.82, 2.24) is 4.98 Å². The molecule has 1 fully saturated rings. The molecule has 1 aliphatic rings. The van der Waals surface area contributed by atoms with Crippen LogP contribution in [0, 0.1) is 0 Å². The van der Waals surface area contributed by atoms with E-state index < -0.39 is 0 Å². The Balaban J connectivity index is 1.90. The van der Waals surface area contributed by atoms with Gasteiger partial charge in [0.15, 0.2) is 0 Å². The topological polar surface area (TPSA) is 15.8 Å². The Hall–Kier alpha value is -1.24. The molecule has 0 aliphatic heterocycles. The fourth-order valence-corrected chi connectivity index (χ4v) is 3.87. The van der Waals surface area contributed by atoms with Gasteiger partial charge in [0.2, 0.25) is 0 Å². The first-order chi connectivity index (χ1) is 9.80. The molecule has 0 amide bonds. The van der Waals surface area contributed by atoms with Gasteiger partial charge in [-0.25, -0.2) is 0 Å². The zero-order valence-corrected chi connectivity index (χ0v) is 12.8. The lowest BCUT2D eigenvalue weighted by Gasteiger charge is -2.30. The lowest BCUT2D eigenvalue weighted by Crippen LogP contribution is -2.23. The minimum atomic E-state index is 0.334. The van der Waals surface area contributed by atoms with Gasteiger partial charge in [-0.15, -0.1) is 0 Å². The van der Waals surface area contributed by atoms with Crippen molar-refractivity contribution in [3.8, 4) is 0 Å². The number of aromatic amines is 1. The maximum Gasteiger partial charge on any atom is 0.0287 e. The molecule has 2 aromatic rings. The van der Waals surface area contributed by atoms with E-state index in [2.05, 4.69) is 42.4 Å². The first kappa shape index (κ1) is 13.7. The van der Waals surface area contributed by atoms with Crippen LogP contribution in [0.15, 0.2) is 30.5 Å². The SMILES string of the molecule is CC1(c2[nH]cc3ccccc23)CCCCCCCCC1. The summed E-state index contributed by atoms with van der Waals surface area (Å²) in [4.78, 5) is 3.61. The standard InChI is InChI=1S/C19H27N/c1-19(13-9-5-3-2-4-6-10-14-19)18-17-12-8-7-11-16(17)15-20-18/h7-8,11-12,15,20H,2-6,9-10,13-14H2,1H3. The predicted molar refractivity (Wildman–Crippen MR) is 87.2 cm³/mol. The van der Waals surface area contributed by atoms with E-state index in [0.29, 0.717) is 5.41 Å². The van der Waals surface area contributed by atoms with Gasteiger partial charge >= 0.3 is 0 Å². The molecule has 1 aromatic heterocycles. The van der Waals surface area contributed by atoms with Crippen molar-refractivity contribution < 1.29 is 0 Å². The molecule has 1 saturated carbocycles. The third kappa shape index (κ3) is 2.77. The first-order valence-electron chi connectivity index (χ1n) is 8.36. The van der Waals surface area contributed by atoms with Gasteiger partial charge in [0, 0.05) is 22.7 Å². The molecule has 1 heteroatoms. The Kier molecular flexibility index (Phi) is 4.14. The normalized spacial score (nSPS) is 20.9. The first-order valence-corrected chi connectivity index (χ1v) is 8.36. The van der Waals surface area contributed by atoms with Gasteiger partial charge < -0.3 is 4.98 Å². The van der Waals surface area contributed by atoms with Crippen LogP contribution in [-0.4, -0.2) is 4.98 Å². The van der Waals surface area contributed by atoms with Gasteiger partial charge in [-0.05, 0) is 18.2 Å². The molecule has 1 aliphatic carbocycles. The van der Waals surface area contributed by atoms with Crippen LogP contribution in [0.5, 0.6) is 0 Å². The van der Waals surface area contributed by atoms with Crippen LogP contribution in [0.2, 0.25) is 0 Å². The van der Waals surface area contributed by atoms with Gasteiger partial charge in [-0.1, -0.05) is 76.1 Å². The monoisotopic (exact) mass is 269 g/mol. The summed E-state index contributed by atoms with van der Waals surface area (Å²) in [5.74, 6) is 0. The van der Waals surface area contributed by atoms with E-state index in [-0.39, 0.29) is 0 Å². The molecule has 0 spiro atoms. The Bertz CT molecular complexity index is 542. The highest BCUT2D eigenvalue weighted by Gasteiger charge is 2.29. The fraction of sp³-hybridized carbons (Fsp3) is 0.579. The van der Waals surface area contributed by atoms with Crippen molar-refractivity contribution in [3.05, 3.63) is 36.2 Å². The highest BCUT2D eigenvalue weighted by Crippen LogP contribution is 2.39. The van der Waals surface area contributed by atoms with E-state index in [1.165, 1.54) is 74.3 Å². The fourth-order valence-electron chi connectivity index (χ4n) is 3.87. The van der Waals surface area contributed by atoms with Gasteiger partial charge in [0.05, 0.1) is 0 Å². The molecular formula is C19H27N. The van der Waals surface area contributed by atoms with E-state index in [0.717, 1.165) is 0 Å². The zero-order valence-electron chi connectivity index (χ0n) is 12.8. The van der Waals surface area contributed by atoms with Crippen molar-refractivity contribution in [2.75, 3.05) is 0 Å². The minimum absolute atomic E-state index is 0.334. The van der Waals surface area contributed by atoms with Gasteiger partial charge in [0.25, 0.3) is 0 Å². The average Bonchev–Trinajstić information content (AvgIpc) is 2.91. The molecule has 0 saturated heterocycles. The number of H-pyrrole nitrogens is 1. The number of nitrogens with one attached hydrogen (secondary N) is 1. The maximum absolute atomic E-state index is 3.61. The molecule has 0 unspecified atom stereocenters. The van der Waals surface area contributed by atoms with Crippen LogP contribution in [0.1, 0.15) is 70.4 Å². The molecule has 0 atom stereocenters.